The molecule has 0 aromatic rings. The minimum atomic E-state index is -0.108. The molecule has 1 aliphatic rings. The molecule has 1 rings (SSSR count). The first kappa shape index (κ1) is 55.6. The molecule has 1 aliphatic carbocycles. The van der Waals surface area contributed by atoms with Gasteiger partial charge >= 0.3 is 11.9 Å². The van der Waals surface area contributed by atoms with Gasteiger partial charge in [-0.15, -0.1) is 0 Å². The number of esters is 2. The number of ether oxygens (including phenoxy) is 2. The number of carbonyl (C=O) groups excluding carboxylic acids is 2. The average molecular weight is 836 g/mol. The summed E-state index contributed by atoms with van der Waals surface area (Å²) >= 11 is 0. The van der Waals surface area contributed by atoms with Gasteiger partial charge in [0.1, 0.15) is 12.2 Å². The van der Waals surface area contributed by atoms with Crippen LogP contribution in [0.1, 0.15) is 233 Å². The van der Waals surface area contributed by atoms with Crippen molar-refractivity contribution in [2.24, 2.45) is 11.8 Å². The van der Waals surface area contributed by atoms with Crippen molar-refractivity contribution in [1.82, 2.24) is 4.90 Å². The zero-order valence-corrected chi connectivity index (χ0v) is 40.2. The molecule has 0 aromatic carbocycles. The first-order valence-electron chi connectivity index (χ1n) is 25.7. The highest BCUT2D eigenvalue weighted by Gasteiger charge is 2.39. The van der Waals surface area contributed by atoms with Crippen molar-refractivity contribution in [2.45, 2.75) is 245 Å². The van der Waals surface area contributed by atoms with Gasteiger partial charge in [-0.1, -0.05) is 159 Å². The first-order valence-corrected chi connectivity index (χ1v) is 25.7. The van der Waals surface area contributed by atoms with Crippen molar-refractivity contribution in [3.63, 3.8) is 0 Å². The highest BCUT2D eigenvalue weighted by molar-refractivity contribution is 5.70. The number of allylic oxidation sites excluding steroid dienone is 10. The highest BCUT2D eigenvalue weighted by Crippen LogP contribution is 2.39. The number of hydrogen-bond donors (Lipinski definition) is 0. The molecule has 3 atom stereocenters. The number of hydrogen-bond acceptors (Lipinski definition) is 5. The second-order valence-electron chi connectivity index (χ2n) is 18.1. The number of carbonyl (C=O) groups is 2. The van der Waals surface area contributed by atoms with Crippen molar-refractivity contribution in [3.8, 4) is 0 Å². The molecule has 0 bridgehead atoms. The summed E-state index contributed by atoms with van der Waals surface area (Å²) in [4.78, 5) is 28.4. The summed E-state index contributed by atoms with van der Waals surface area (Å²) < 4.78 is 12.4. The minimum Gasteiger partial charge on any atom is -0.462 e. The Kier molecular flexibility index (Phi) is 38.9. The Hall–Kier alpha value is -2.40. The standard InChI is InChI=1S/C55H97NO4/c1-6-9-12-14-16-18-20-22-24-26-28-30-32-34-36-39-42-51(43-40-37-35-33-31-29-27-25-23-21-19-17-15-13-10-7-2)59-55(58)49-50-46-47-53(52(50)44-38-11-8-3)60-54(57)45-41-48-56(4)5/h11,16-19,22-25,38,50-53H,6-10,12-15,20-21,26-37,39-49H2,1-5H3/b18-16-,19-17-,24-22-,25-23-,38-11-. The molecule has 0 saturated heterocycles. The number of rotatable bonds is 41. The lowest BCUT2D eigenvalue weighted by Gasteiger charge is -2.25. The van der Waals surface area contributed by atoms with Crippen molar-refractivity contribution in [1.29, 1.82) is 0 Å². The quantitative estimate of drug-likeness (QED) is 0.0349. The number of nitrogens with zero attached hydrogens (tertiary/aromatic N) is 1. The van der Waals surface area contributed by atoms with Crippen LogP contribution in [0, 0.1) is 11.8 Å². The lowest BCUT2D eigenvalue weighted by molar-refractivity contribution is -0.152. The van der Waals surface area contributed by atoms with Crippen LogP contribution in [0.2, 0.25) is 0 Å². The van der Waals surface area contributed by atoms with Gasteiger partial charge in [0, 0.05) is 18.8 Å². The summed E-state index contributed by atoms with van der Waals surface area (Å²) in [6.45, 7) is 7.54. The Morgan fingerprint density at radius 1 is 0.550 bits per heavy atom. The molecular formula is C55H97NO4. The predicted octanol–water partition coefficient (Wildman–Crippen LogP) is 16.3. The lowest BCUT2D eigenvalue weighted by Crippen LogP contribution is -2.27. The van der Waals surface area contributed by atoms with E-state index < -0.39 is 0 Å². The second-order valence-corrected chi connectivity index (χ2v) is 18.1. The van der Waals surface area contributed by atoms with E-state index in [1.165, 1.54) is 128 Å². The molecule has 5 heteroatoms. The van der Waals surface area contributed by atoms with E-state index in [0.29, 0.717) is 12.8 Å². The van der Waals surface area contributed by atoms with Crippen LogP contribution >= 0.6 is 0 Å². The van der Waals surface area contributed by atoms with Crippen LogP contribution in [-0.4, -0.2) is 49.7 Å². The van der Waals surface area contributed by atoms with Gasteiger partial charge in [-0.25, -0.2) is 0 Å². The molecule has 60 heavy (non-hydrogen) atoms. The maximum absolute atomic E-state index is 13.6. The third-order valence-electron chi connectivity index (χ3n) is 12.2. The van der Waals surface area contributed by atoms with Gasteiger partial charge in [0.25, 0.3) is 0 Å². The van der Waals surface area contributed by atoms with Crippen LogP contribution in [0.3, 0.4) is 0 Å². The topological polar surface area (TPSA) is 55.8 Å². The first-order chi connectivity index (χ1) is 29.4. The average Bonchev–Trinajstić information content (AvgIpc) is 3.59. The molecule has 346 valence electrons. The molecule has 0 radical (unpaired) electrons. The summed E-state index contributed by atoms with van der Waals surface area (Å²) in [7, 11) is 4.06. The van der Waals surface area contributed by atoms with Crippen molar-refractivity contribution < 1.29 is 19.1 Å². The smallest absolute Gasteiger partial charge is 0.306 e. The fourth-order valence-electron chi connectivity index (χ4n) is 8.47. The summed E-state index contributed by atoms with van der Waals surface area (Å²) in [5, 5.41) is 0. The van der Waals surface area contributed by atoms with E-state index in [1.807, 2.05) is 14.1 Å². The van der Waals surface area contributed by atoms with Gasteiger partial charge < -0.3 is 14.4 Å². The maximum Gasteiger partial charge on any atom is 0.306 e. The monoisotopic (exact) mass is 836 g/mol. The van der Waals surface area contributed by atoms with Crippen LogP contribution in [0.25, 0.3) is 0 Å². The predicted molar refractivity (Wildman–Crippen MR) is 260 cm³/mol. The molecule has 0 aromatic heterocycles. The maximum atomic E-state index is 13.6. The Bertz CT molecular complexity index is 1090. The fourth-order valence-corrected chi connectivity index (χ4v) is 8.47. The minimum absolute atomic E-state index is 0.0133. The van der Waals surface area contributed by atoms with Crippen molar-refractivity contribution in [2.75, 3.05) is 20.6 Å². The van der Waals surface area contributed by atoms with Gasteiger partial charge in [-0.05, 0) is 149 Å². The van der Waals surface area contributed by atoms with E-state index in [4.69, 9.17) is 9.47 Å². The molecule has 0 N–H and O–H groups in total. The van der Waals surface area contributed by atoms with Crippen LogP contribution < -0.4 is 0 Å². The van der Waals surface area contributed by atoms with Crippen LogP contribution in [0.5, 0.6) is 0 Å². The fraction of sp³-hybridized carbons (Fsp3) is 0.782. The van der Waals surface area contributed by atoms with Crippen LogP contribution in [0.15, 0.2) is 60.8 Å². The Balaban J connectivity index is 2.55. The van der Waals surface area contributed by atoms with Crippen LogP contribution in [-0.2, 0) is 19.1 Å². The molecule has 1 saturated carbocycles. The molecule has 0 amide bonds. The molecule has 0 aliphatic heterocycles. The third kappa shape index (κ3) is 34.2. The molecule has 0 heterocycles. The van der Waals surface area contributed by atoms with Crippen molar-refractivity contribution >= 4 is 11.9 Å². The van der Waals surface area contributed by atoms with Gasteiger partial charge in [0.15, 0.2) is 0 Å². The summed E-state index contributed by atoms with van der Waals surface area (Å²) in [6.07, 6.45) is 60.0. The Morgan fingerprint density at radius 2 is 1.03 bits per heavy atom. The SMILES string of the molecule is CC/C=C\CC1C(CC(=O)OC(CCCCCCCC/C=C\C/C=C\CCCCC)CCCCCCCC/C=C\C/C=C\CCCCC)CCC1OC(=O)CCCN(C)C. The third-order valence-corrected chi connectivity index (χ3v) is 12.2. The zero-order valence-electron chi connectivity index (χ0n) is 40.2. The number of unbranched alkanes of at least 4 members (excludes halogenated alkanes) is 18. The molecule has 3 unspecified atom stereocenters. The van der Waals surface area contributed by atoms with Gasteiger partial charge in [0.2, 0.25) is 0 Å². The van der Waals surface area contributed by atoms with Crippen molar-refractivity contribution in [3.05, 3.63) is 60.8 Å². The van der Waals surface area contributed by atoms with E-state index in [2.05, 4.69) is 86.4 Å². The second kappa shape index (κ2) is 41.9. The lowest BCUT2D eigenvalue weighted by atomic mass is 9.88. The van der Waals surface area contributed by atoms with Gasteiger partial charge in [-0.2, -0.15) is 0 Å². The van der Waals surface area contributed by atoms with E-state index in [1.54, 1.807) is 0 Å². The summed E-state index contributed by atoms with van der Waals surface area (Å²) in [6, 6.07) is 0. The Morgan fingerprint density at radius 3 is 1.52 bits per heavy atom. The largest absolute Gasteiger partial charge is 0.462 e. The normalized spacial score (nSPS) is 17.4. The van der Waals surface area contributed by atoms with E-state index >= 15 is 0 Å². The van der Waals surface area contributed by atoms with E-state index in [0.717, 1.165) is 77.2 Å². The van der Waals surface area contributed by atoms with Crippen LogP contribution in [0.4, 0.5) is 0 Å². The summed E-state index contributed by atoms with van der Waals surface area (Å²) in [5.74, 6) is 0.226. The highest BCUT2D eigenvalue weighted by atomic mass is 16.5. The van der Waals surface area contributed by atoms with E-state index in [-0.39, 0.29) is 36.0 Å². The van der Waals surface area contributed by atoms with E-state index in [9.17, 15) is 9.59 Å². The zero-order chi connectivity index (χ0) is 43.6. The molecule has 5 nitrogen and oxygen atoms in total. The Labute approximate surface area is 372 Å². The summed E-state index contributed by atoms with van der Waals surface area (Å²) in [5.41, 5.74) is 0. The van der Waals surface area contributed by atoms with Gasteiger partial charge in [-0.3, -0.25) is 9.59 Å². The molecule has 1 fully saturated rings. The molecular weight excluding hydrogens is 739 g/mol. The molecule has 0 spiro atoms. The van der Waals surface area contributed by atoms with Gasteiger partial charge in [0.05, 0.1) is 0 Å².